The third kappa shape index (κ3) is 3.30. The molecule has 3 heteroatoms. The Morgan fingerprint density at radius 2 is 2.24 bits per heavy atom. The van der Waals surface area contributed by atoms with Crippen LogP contribution in [0, 0.1) is 5.92 Å². The maximum atomic E-state index is 3.56. The molecule has 0 fully saturated rings. The zero-order chi connectivity index (χ0) is 12.3. The van der Waals surface area contributed by atoms with E-state index in [1.54, 1.807) is 11.3 Å². The van der Waals surface area contributed by atoms with Crippen molar-refractivity contribution >= 4 is 44.7 Å². The normalized spacial score (nSPS) is 12.4. The molecule has 0 atom stereocenters. The van der Waals surface area contributed by atoms with Gasteiger partial charge in [0, 0.05) is 20.6 Å². The Labute approximate surface area is 119 Å². The fourth-order valence-corrected chi connectivity index (χ4v) is 4.01. The van der Waals surface area contributed by atoms with Gasteiger partial charge in [-0.25, -0.2) is 0 Å². The van der Waals surface area contributed by atoms with Crippen LogP contribution in [0.3, 0.4) is 0 Å². The summed E-state index contributed by atoms with van der Waals surface area (Å²) < 4.78 is 0. The van der Waals surface area contributed by atoms with E-state index in [0.29, 0.717) is 5.92 Å². The molecule has 0 bridgehead atoms. The predicted octanol–water partition coefficient (Wildman–Crippen LogP) is 5.91. The molecule has 17 heavy (non-hydrogen) atoms. The van der Waals surface area contributed by atoms with E-state index in [1.165, 1.54) is 20.9 Å². The second kappa shape index (κ2) is 5.98. The maximum Gasteiger partial charge on any atom is 0.0351 e. The fraction of sp³-hybridized carbons (Fsp3) is 0.286. The van der Waals surface area contributed by atoms with Gasteiger partial charge in [0.25, 0.3) is 0 Å². The van der Waals surface area contributed by atoms with Crippen molar-refractivity contribution in [1.82, 2.24) is 0 Å². The molecule has 0 saturated heterocycles. The van der Waals surface area contributed by atoms with Crippen molar-refractivity contribution in [1.29, 1.82) is 0 Å². The summed E-state index contributed by atoms with van der Waals surface area (Å²) in [6, 6.07) is 6.56. The molecule has 0 aliphatic heterocycles. The summed E-state index contributed by atoms with van der Waals surface area (Å²) in [4.78, 5) is 2.70. The highest BCUT2D eigenvalue weighted by atomic mass is 79.9. The van der Waals surface area contributed by atoms with Gasteiger partial charge in [-0.3, -0.25) is 0 Å². The molecule has 0 aliphatic rings. The average Bonchev–Trinajstić information content (AvgIpc) is 2.95. The van der Waals surface area contributed by atoms with E-state index >= 15 is 0 Å². The van der Waals surface area contributed by atoms with Gasteiger partial charge in [0.1, 0.15) is 0 Å². The fourth-order valence-electron chi connectivity index (χ4n) is 1.54. The number of thiophene rings is 2. The van der Waals surface area contributed by atoms with Gasteiger partial charge >= 0.3 is 0 Å². The molecule has 0 N–H and O–H groups in total. The molecule has 0 aromatic carbocycles. The highest BCUT2D eigenvalue weighted by molar-refractivity contribution is 9.09. The summed E-state index contributed by atoms with van der Waals surface area (Å²) >= 11 is 7.17. The second-order valence-electron chi connectivity index (χ2n) is 4.22. The first-order valence-electron chi connectivity index (χ1n) is 5.59. The Morgan fingerprint density at radius 3 is 2.82 bits per heavy atom. The van der Waals surface area contributed by atoms with Gasteiger partial charge in [0.2, 0.25) is 0 Å². The SMILES string of the molecule is CC(C)C(=Cc1cc(-c2cccs2)cs1)CBr. The van der Waals surface area contributed by atoms with E-state index < -0.39 is 0 Å². The van der Waals surface area contributed by atoms with Crippen molar-refractivity contribution in [3.8, 4) is 10.4 Å². The van der Waals surface area contributed by atoms with Gasteiger partial charge in [-0.2, -0.15) is 0 Å². The van der Waals surface area contributed by atoms with Gasteiger partial charge in [-0.1, -0.05) is 41.4 Å². The van der Waals surface area contributed by atoms with Crippen molar-refractivity contribution in [2.24, 2.45) is 5.92 Å². The summed E-state index contributed by atoms with van der Waals surface area (Å²) in [5, 5.41) is 5.32. The molecular formula is C14H15BrS2. The van der Waals surface area contributed by atoms with Crippen LogP contribution >= 0.6 is 38.6 Å². The van der Waals surface area contributed by atoms with Crippen LogP contribution in [0.1, 0.15) is 18.7 Å². The lowest BCUT2D eigenvalue weighted by molar-refractivity contribution is 0.781. The molecule has 2 aromatic rings. The number of rotatable bonds is 4. The number of alkyl halides is 1. The van der Waals surface area contributed by atoms with E-state index in [1.807, 2.05) is 11.3 Å². The Morgan fingerprint density at radius 1 is 1.41 bits per heavy atom. The Balaban J connectivity index is 2.24. The highest BCUT2D eigenvalue weighted by Gasteiger charge is 2.05. The first kappa shape index (κ1) is 13.1. The first-order chi connectivity index (χ1) is 8.20. The summed E-state index contributed by atoms with van der Waals surface area (Å²) in [5.41, 5.74) is 2.79. The smallest absolute Gasteiger partial charge is 0.0351 e. The third-order valence-electron chi connectivity index (χ3n) is 2.65. The molecule has 0 unspecified atom stereocenters. The minimum atomic E-state index is 0.599. The number of hydrogen-bond donors (Lipinski definition) is 0. The molecule has 2 heterocycles. The quantitative estimate of drug-likeness (QED) is 0.612. The summed E-state index contributed by atoms with van der Waals surface area (Å²) in [7, 11) is 0. The van der Waals surface area contributed by atoms with Gasteiger partial charge in [-0.15, -0.1) is 22.7 Å². The lowest BCUT2D eigenvalue weighted by Crippen LogP contribution is -1.93. The monoisotopic (exact) mass is 326 g/mol. The molecule has 0 saturated carbocycles. The van der Waals surface area contributed by atoms with Crippen LogP contribution in [0.2, 0.25) is 0 Å². The van der Waals surface area contributed by atoms with Crippen molar-refractivity contribution in [3.63, 3.8) is 0 Å². The van der Waals surface area contributed by atoms with E-state index in [0.717, 1.165) is 5.33 Å². The molecule has 0 nitrogen and oxygen atoms in total. The first-order valence-corrected chi connectivity index (χ1v) is 8.47. The van der Waals surface area contributed by atoms with Crippen LogP contribution in [0.15, 0.2) is 34.5 Å². The minimum absolute atomic E-state index is 0.599. The molecule has 0 aliphatic carbocycles. The molecule has 90 valence electrons. The lowest BCUT2D eigenvalue weighted by atomic mass is 10.0. The molecule has 2 aromatic heterocycles. The lowest BCUT2D eigenvalue weighted by Gasteiger charge is -2.06. The standard InChI is InChI=1S/C14H15BrS2/c1-10(2)11(8-15)6-13-7-12(9-17-13)14-4-3-5-16-14/h3-7,9-10H,8H2,1-2H3. The highest BCUT2D eigenvalue weighted by Crippen LogP contribution is 2.31. The van der Waals surface area contributed by atoms with Crippen LogP contribution in [0.4, 0.5) is 0 Å². The summed E-state index contributed by atoms with van der Waals surface area (Å²) in [6.07, 6.45) is 2.31. The van der Waals surface area contributed by atoms with Crippen molar-refractivity contribution in [2.75, 3.05) is 5.33 Å². The van der Waals surface area contributed by atoms with Crippen LogP contribution in [-0.4, -0.2) is 5.33 Å². The maximum absolute atomic E-state index is 3.56. The van der Waals surface area contributed by atoms with Crippen LogP contribution in [0.25, 0.3) is 16.5 Å². The summed E-state index contributed by atoms with van der Waals surface area (Å²) in [6.45, 7) is 4.47. The van der Waals surface area contributed by atoms with Crippen molar-refractivity contribution < 1.29 is 0 Å². The predicted molar refractivity (Wildman–Crippen MR) is 84.2 cm³/mol. The molecular weight excluding hydrogens is 312 g/mol. The number of halogens is 1. The van der Waals surface area contributed by atoms with Gasteiger partial charge < -0.3 is 0 Å². The molecule has 0 spiro atoms. The van der Waals surface area contributed by atoms with E-state index in [4.69, 9.17) is 0 Å². The van der Waals surface area contributed by atoms with Gasteiger partial charge in [-0.05, 0) is 34.9 Å². The van der Waals surface area contributed by atoms with E-state index in [-0.39, 0.29) is 0 Å². The minimum Gasteiger partial charge on any atom is -0.144 e. The largest absolute Gasteiger partial charge is 0.144 e. The zero-order valence-electron chi connectivity index (χ0n) is 9.94. The van der Waals surface area contributed by atoms with Gasteiger partial charge in [0.05, 0.1) is 0 Å². The van der Waals surface area contributed by atoms with Crippen LogP contribution in [-0.2, 0) is 0 Å². The molecule has 2 rings (SSSR count). The van der Waals surface area contributed by atoms with Gasteiger partial charge in [0.15, 0.2) is 0 Å². The van der Waals surface area contributed by atoms with Crippen molar-refractivity contribution in [3.05, 3.63) is 39.4 Å². The topological polar surface area (TPSA) is 0 Å². The van der Waals surface area contributed by atoms with E-state index in [9.17, 15) is 0 Å². The van der Waals surface area contributed by atoms with Crippen LogP contribution in [0.5, 0.6) is 0 Å². The van der Waals surface area contributed by atoms with E-state index in [2.05, 4.69) is 64.8 Å². The Bertz CT molecular complexity index is 492. The zero-order valence-corrected chi connectivity index (χ0v) is 13.2. The second-order valence-corrected chi connectivity index (χ2v) is 6.67. The number of allylic oxidation sites excluding steroid dienone is 1. The number of hydrogen-bond acceptors (Lipinski definition) is 2. The summed E-state index contributed by atoms with van der Waals surface area (Å²) in [5.74, 6) is 0.599. The average molecular weight is 327 g/mol. The van der Waals surface area contributed by atoms with Crippen LogP contribution < -0.4 is 0 Å². The van der Waals surface area contributed by atoms with Crippen molar-refractivity contribution in [2.45, 2.75) is 13.8 Å². The molecule has 0 radical (unpaired) electrons. The third-order valence-corrected chi connectivity index (χ3v) is 5.10. The molecule has 0 amide bonds. The Kier molecular flexibility index (Phi) is 4.60. The Hall–Kier alpha value is -0.380.